The van der Waals surface area contributed by atoms with E-state index in [1.54, 1.807) is 13.8 Å². The van der Waals surface area contributed by atoms with Crippen molar-refractivity contribution < 1.29 is 8.42 Å². The zero-order chi connectivity index (χ0) is 9.78. The van der Waals surface area contributed by atoms with Crippen LogP contribution in [-0.2, 0) is 10.0 Å². The first kappa shape index (κ1) is 11.6. The van der Waals surface area contributed by atoms with Crippen molar-refractivity contribution in [3.8, 4) is 0 Å². The zero-order valence-electron chi connectivity index (χ0n) is 6.99. The van der Waals surface area contributed by atoms with Gasteiger partial charge in [-0.25, -0.2) is 8.42 Å². The first-order chi connectivity index (χ1) is 5.33. The van der Waals surface area contributed by atoms with Crippen molar-refractivity contribution in [2.45, 2.75) is 13.8 Å². The van der Waals surface area contributed by atoms with Gasteiger partial charge in [-0.1, -0.05) is 13.8 Å². The van der Waals surface area contributed by atoms with Crippen molar-refractivity contribution in [2.75, 3.05) is 5.75 Å². The van der Waals surface area contributed by atoms with Crippen LogP contribution in [0.3, 0.4) is 0 Å². The summed E-state index contributed by atoms with van der Waals surface area (Å²) in [5.74, 6) is 0.110. The molecule has 0 rings (SSSR count). The molecule has 72 valence electrons. The summed E-state index contributed by atoms with van der Waals surface area (Å²) in [7, 11) is -3.30. The molecule has 0 radical (unpaired) electrons. The maximum atomic E-state index is 11.1. The molecule has 0 saturated carbocycles. The number of thiocarbonyl (C=S) groups is 1. The number of hydrazine groups is 1. The molecule has 0 atom stereocenters. The van der Waals surface area contributed by atoms with Crippen LogP contribution in [-0.4, -0.2) is 19.3 Å². The highest BCUT2D eigenvalue weighted by molar-refractivity contribution is 7.89. The zero-order valence-corrected chi connectivity index (χ0v) is 8.63. The van der Waals surface area contributed by atoms with Crippen molar-refractivity contribution in [3.63, 3.8) is 0 Å². The molecule has 0 aromatic heterocycles. The van der Waals surface area contributed by atoms with Crippen molar-refractivity contribution >= 4 is 27.4 Å². The number of sulfonamides is 1. The molecule has 4 N–H and O–H groups in total. The molecular weight excluding hydrogens is 198 g/mol. The summed E-state index contributed by atoms with van der Waals surface area (Å²) in [4.78, 5) is 2.05. The van der Waals surface area contributed by atoms with Crippen LogP contribution in [0.5, 0.6) is 0 Å². The summed E-state index contributed by atoms with van der Waals surface area (Å²) >= 11 is 4.42. The number of hydrogen-bond donors (Lipinski definition) is 3. The highest BCUT2D eigenvalue weighted by Gasteiger charge is 2.11. The quantitative estimate of drug-likeness (QED) is 0.423. The standard InChI is InChI=1S/C5H13N3O2S2/c1-4(2)3-12(9,10)8-7-5(6)11/h4,8H,3H2,1-2H3,(H3,6,7,11). The normalized spacial score (nSPS) is 11.6. The minimum absolute atomic E-state index is 0.0443. The second-order valence-electron chi connectivity index (χ2n) is 2.77. The topological polar surface area (TPSA) is 84.2 Å². The van der Waals surface area contributed by atoms with Gasteiger partial charge in [-0.05, 0) is 18.1 Å². The molecule has 0 aliphatic heterocycles. The first-order valence-electron chi connectivity index (χ1n) is 3.38. The van der Waals surface area contributed by atoms with E-state index in [1.165, 1.54) is 0 Å². The van der Waals surface area contributed by atoms with Gasteiger partial charge in [0.25, 0.3) is 0 Å². The molecule has 0 heterocycles. The van der Waals surface area contributed by atoms with Crippen LogP contribution in [0.2, 0.25) is 0 Å². The molecule has 12 heavy (non-hydrogen) atoms. The Labute approximate surface area is 77.7 Å². The Morgan fingerprint density at radius 3 is 2.42 bits per heavy atom. The van der Waals surface area contributed by atoms with Crippen LogP contribution in [0.15, 0.2) is 0 Å². The van der Waals surface area contributed by atoms with E-state index < -0.39 is 10.0 Å². The number of nitrogens with two attached hydrogens (primary N) is 1. The fraction of sp³-hybridized carbons (Fsp3) is 0.800. The lowest BCUT2D eigenvalue weighted by Crippen LogP contribution is -2.45. The van der Waals surface area contributed by atoms with E-state index in [0.29, 0.717) is 0 Å². The minimum atomic E-state index is -3.30. The molecule has 0 aliphatic carbocycles. The van der Waals surface area contributed by atoms with E-state index in [4.69, 9.17) is 5.73 Å². The molecule has 7 heteroatoms. The summed E-state index contributed by atoms with van der Waals surface area (Å²) in [6, 6.07) is 0. The molecule has 5 nitrogen and oxygen atoms in total. The van der Waals surface area contributed by atoms with E-state index in [1.807, 2.05) is 4.83 Å². The van der Waals surface area contributed by atoms with Crippen LogP contribution in [0.1, 0.15) is 13.8 Å². The Morgan fingerprint density at radius 2 is 2.08 bits per heavy atom. The number of hydrogen-bond acceptors (Lipinski definition) is 3. The maximum absolute atomic E-state index is 11.1. The third kappa shape index (κ3) is 6.32. The van der Waals surface area contributed by atoms with Crippen LogP contribution < -0.4 is 16.0 Å². The largest absolute Gasteiger partial charge is 0.375 e. The molecule has 0 aromatic rings. The highest BCUT2D eigenvalue weighted by atomic mass is 32.2. The van der Waals surface area contributed by atoms with Gasteiger partial charge in [0.15, 0.2) is 5.11 Å². The fourth-order valence-electron chi connectivity index (χ4n) is 0.609. The summed E-state index contributed by atoms with van der Waals surface area (Å²) in [5.41, 5.74) is 7.19. The van der Waals surface area contributed by atoms with E-state index in [9.17, 15) is 8.42 Å². The van der Waals surface area contributed by atoms with Gasteiger partial charge in [-0.15, -0.1) is 4.83 Å². The van der Waals surface area contributed by atoms with Crippen molar-refractivity contribution in [3.05, 3.63) is 0 Å². The first-order valence-corrected chi connectivity index (χ1v) is 5.44. The van der Waals surface area contributed by atoms with Crippen molar-refractivity contribution in [2.24, 2.45) is 11.7 Å². The van der Waals surface area contributed by atoms with Gasteiger partial charge in [-0.2, -0.15) is 0 Å². The Bertz CT molecular complexity index is 247. The number of rotatable bonds is 4. The summed E-state index contributed by atoms with van der Waals surface area (Å²) < 4.78 is 22.1. The lowest BCUT2D eigenvalue weighted by molar-refractivity contribution is 0.564. The van der Waals surface area contributed by atoms with Gasteiger partial charge in [-0.3, -0.25) is 5.43 Å². The molecule has 0 spiro atoms. The van der Waals surface area contributed by atoms with E-state index in [2.05, 4.69) is 17.6 Å². The Hall–Kier alpha value is -0.400. The predicted molar refractivity (Wildman–Crippen MR) is 51.7 cm³/mol. The van der Waals surface area contributed by atoms with Gasteiger partial charge >= 0.3 is 0 Å². The Kier molecular flexibility index (Phi) is 4.43. The van der Waals surface area contributed by atoms with Crippen LogP contribution >= 0.6 is 12.2 Å². The van der Waals surface area contributed by atoms with Crippen molar-refractivity contribution in [1.29, 1.82) is 0 Å². The molecular formula is C5H13N3O2S2. The highest BCUT2D eigenvalue weighted by Crippen LogP contribution is 1.95. The fourth-order valence-corrected chi connectivity index (χ4v) is 1.95. The molecule has 0 saturated heterocycles. The molecule has 0 bridgehead atoms. The van der Waals surface area contributed by atoms with Crippen LogP contribution in [0.25, 0.3) is 0 Å². The average molecular weight is 211 g/mol. The smallest absolute Gasteiger partial charge is 0.228 e. The summed E-state index contributed by atoms with van der Waals surface area (Å²) in [5, 5.41) is -0.0951. The lowest BCUT2D eigenvalue weighted by Gasteiger charge is -2.08. The maximum Gasteiger partial charge on any atom is 0.228 e. The second kappa shape index (κ2) is 4.58. The van der Waals surface area contributed by atoms with Crippen LogP contribution in [0, 0.1) is 5.92 Å². The molecule has 0 aromatic carbocycles. The second-order valence-corrected chi connectivity index (χ2v) is 4.97. The third-order valence-corrected chi connectivity index (χ3v) is 2.50. The van der Waals surface area contributed by atoms with Gasteiger partial charge in [0.2, 0.25) is 10.0 Å². The molecule has 0 fully saturated rings. The number of nitrogens with one attached hydrogen (secondary N) is 2. The Balaban J connectivity index is 3.98. The minimum Gasteiger partial charge on any atom is -0.375 e. The third-order valence-electron chi connectivity index (χ3n) is 0.882. The lowest BCUT2D eigenvalue weighted by atomic mass is 10.3. The monoisotopic (exact) mass is 211 g/mol. The molecule has 0 unspecified atom stereocenters. The van der Waals surface area contributed by atoms with Crippen molar-refractivity contribution in [1.82, 2.24) is 10.3 Å². The van der Waals surface area contributed by atoms with Gasteiger partial charge in [0, 0.05) is 0 Å². The summed E-state index contributed by atoms with van der Waals surface area (Å²) in [6.45, 7) is 3.61. The van der Waals surface area contributed by atoms with E-state index in [-0.39, 0.29) is 16.8 Å². The predicted octanol–water partition coefficient (Wildman–Crippen LogP) is -0.690. The molecule has 0 amide bonds. The average Bonchev–Trinajstić information content (AvgIpc) is 1.81. The van der Waals surface area contributed by atoms with Gasteiger partial charge < -0.3 is 5.73 Å². The SMILES string of the molecule is CC(C)CS(=O)(=O)NNC(N)=S. The Morgan fingerprint density at radius 1 is 1.58 bits per heavy atom. The van der Waals surface area contributed by atoms with Crippen LogP contribution in [0.4, 0.5) is 0 Å². The summed E-state index contributed by atoms with van der Waals surface area (Å²) in [6.07, 6.45) is 0. The van der Waals surface area contributed by atoms with E-state index in [0.717, 1.165) is 0 Å². The van der Waals surface area contributed by atoms with Gasteiger partial charge in [0.05, 0.1) is 5.75 Å². The van der Waals surface area contributed by atoms with E-state index >= 15 is 0 Å². The van der Waals surface area contributed by atoms with Gasteiger partial charge in [0.1, 0.15) is 0 Å². The molecule has 0 aliphatic rings.